The molecule has 10 heteroatoms. The first-order chi connectivity index (χ1) is 21.6. The Morgan fingerprint density at radius 2 is 1.74 bits per heavy atom. The van der Waals surface area contributed by atoms with Gasteiger partial charge < -0.3 is 25.2 Å². The highest BCUT2D eigenvalue weighted by atomic mass is 35.5. The summed E-state index contributed by atoms with van der Waals surface area (Å²) in [5.41, 5.74) is 1.29. The summed E-state index contributed by atoms with van der Waals surface area (Å²) < 4.78 is 11.7. The number of rotatable bonds is 7. The van der Waals surface area contributed by atoms with Crippen LogP contribution in [-0.4, -0.2) is 53.7 Å². The summed E-state index contributed by atoms with van der Waals surface area (Å²) in [5, 5.41) is 15.7. The standard InChI is InChI=1S/C36H45ClN2O7/c1-22(2)18-31-34(43)45-30(24(4)11-12-25-14-16-27(40)17-15-25)8-7-9-32(41)39-29(20-26-13-10-23(3)28(37)19-26)33(42)38-21-36(5,6)35(44)46-31/h7,9-17,19,22,24,29-31,40H,8,18,20-21H2,1-6H3,(H,38,42)(H,39,41)/b9-7+,12-11+/t24-,29-,30+,31+/m1/s1. The fourth-order valence-corrected chi connectivity index (χ4v) is 4.92. The van der Waals surface area contributed by atoms with Gasteiger partial charge in [-0.25, -0.2) is 4.79 Å². The minimum absolute atomic E-state index is 0.0173. The third-order valence-electron chi connectivity index (χ3n) is 7.74. The van der Waals surface area contributed by atoms with E-state index in [9.17, 15) is 24.3 Å². The van der Waals surface area contributed by atoms with E-state index in [4.69, 9.17) is 21.1 Å². The lowest BCUT2D eigenvalue weighted by Crippen LogP contribution is -2.51. The van der Waals surface area contributed by atoms with Gasteiger partial charge in [0.1, 0.15) is 17.9 Å². The minimum Gasteiger partial charge on any atom is -0.508 e. The molecule has 9 nitrogen and oxygen atoms in total. The second kappa shape index (κ2) is 16.5. The van der Waals surface area contributed by atoms with Crippen LogP contribution in [-0.2, 0) is 35.1 Å². The van der Waals surface area contributed by atoms with Crippen LogP contribution in [0.4, 0.5) is 0 Å². The molecule has 3 N–H and O–H groups in total. The number of carbonyl (C=O) groups is 4. The first kappa shape index (κ1) is 36.4. The fraction of sp³-hybridized carbons (Fsp3) is 0.444. The molecule has 0 unspecified atom stereocenters. The van der Waals surface area contributed by atoms with Gasteiger partial charge in [-0.3, -0.25) is 14.4 Å². The summed E-state index contributed by atoms with van der Waals surface area (Å²) >= 11 is 6.31. The molecular formula is C36H45ClN2O7. The van der Waals surface area contributed by atoms with Crippen molar-refractivity contribution in [3.8, 4) is 5.75 Å². The van der Waals surface area contributed by atoms with Crippen molar-refractivity contribution in [1.82, 2.24) is 10.6 Å². The topological polar surface area (TPSA) is 131 Å². The number of aryl methyl sites for hydroxylation is 1. The molecule has 0 radical (unpaired) electrons. The van der Waals surface area contributed by atoms with E-state index in [1.807, 2.05) is 52.0 Å². The first-order valence-electron chi connectivity index (χ1n) is 15.5. The Balaban J connectivity index is 1.93. The Kier molecular flexibility index (Phi) is 13.0. The smallest absolute Gasteiger partial charge is 0.347 e. The molecule has 0 aromatic heterocycles. The number of aromatic hydroxyl groups is 1. The number of esters is 2. The Morgan fingerprint density at radius 1 is 1.04 bits per heavy atom. The lowest BCUT2D eigenvalue weighted by molar-refractivity contribution is -0.178. The maximum Gasteiger partial charge on any atom is 0.347 e. The minimum atomic E-state index is -1.19. The normalized spacial score (nSPS) is 22.9. The molecule has 0 spiro atoms. The van der Waals surface area contributed by atoms with Crippen molar-refractivity contribution in [3.63, 3.8) is 0 Å². The molecule has 0 bridgehead atoms. The molecule has 4 atom stereocenters. The summed E-state index contributed by atoms with van der Waals surface area (Å²) in [6.45, 7) is 10.7. The van der Waals surface area contributed by atoms with Gasteiger partial charge in [0.2, 0.25) is 11.8 Å². The van der Waals surface area contributed by atoms with E-state index in [1.54, 1.807) is 50.3 Å². The number of cyclic esters (lactones) is 2. The largest absolute Gasteiger partial charge is 0.508 e. The third-order valence-corrected chi connectivity index (χ3v) is 8.15. The lowest BCUT2D eigenvalue weighted by Gasteiger charge is -2.29. The van der Waals surface area contributed by atoms with Gasteiger partial charge in [-0.05, 0) is 74.1 Å². The van der Waals surface area contributed by atoms with Crippen molar-refractivity contribution < 1.29 is 33.8 Å². The van der Waals surface area contributed by atoms with Crippen molar-refractivity contribution >= 4 is 41.4 Å². The number of benzene rings is 2. The number of carbonyl (C=O) groups excluding carboxylic acids is 4. The second-order valence-electron chi connectivity index (χ2n) is 12.9. The van der Waals surface area contributed by atoms with Crippen LogP contribution >= 0.6 is 11.6 Å². The quantitative estimate of drug-likeness (QED) is 0.327. The highest BCUT2D eigenvalue weighted by Gasteiger charge is 2.37. The van der Waals surface area contributed by atoms with E-state index in [-0.39, 0.29) is 43.4 Å². The van der Waals surface area contributed by atoms with Crippen LogP contribution < -0.4 is 10.6 Å². The van der Waals surface area contributed by atoms with E-state index in [2.05, 4.69) is 10.6 Å². The second-order valence-corrected chi connectivity index (χ2v) is 13.3. The zero-order chi connectivity index (χ0) is 34.0. The van der Waals surface area contributed by atoms with Crippen molar-refractivity contribution in [2.45, 2.75) is 79.1 Å². The Hall–Kier alpha value is -4.11. The van der Waals surface area contributed by atoms with Crippen LogP contribution in [0.25, 0.3) is 6.08 Å². The maximum atomic E-state index is 13.5. The molecule has 0 fully saturated rings. The number of nitrogens with one attached hydrogen (secondary N) is 2. The lowest BCUT2D eigenvalue weighted by atomic mass is 9.93. The van der Waals surface area contributed by atoms with Crippen LogP contribution in [0.5, 0.6) is 5.75 Å². The van der Waals surface area contributed by atoms with Crippen molar-refractivity contribution in [2.24, 2.45) is 17.3 Å². The zero-order valence-corrected chi connectivity index (χ0v) is 28.1. The first-order valence-corrected chi connectivity index (χ1v) is 15.9. The average molecular weight is 653 g/mol. The number of ether oxygens (including phenoxy) is 2. The van der Waals surface area contributed by atoms with Crippen LogP contribution in [0.2, 0.25) is 5.02 Å². The number of amides is 2. The Bertz CT molecular complexity index is 1450. The molecule has 0 aliphatic carbocycles. The van der Waals surface area contributed by atoms with Gasteiger partial charge in [0, 0.05) is 30.3 Å². The average Bonchev–Trinajstić information content (AvgIpc) is 2.99. The number of hydrogen-bond acceptors (Lipinski definition) is 7. The van der Waals surface area contributed by atoms with Crippen LogP contribution in [0.3, 0.4) is 0 Å². The molecule has 1 aliphatic rings. The van der Waals surface area contributed by atoms with Crippen molar-refractivity contribution in [2.75, 3.05) is 6.54 Å². The number of phenolic OH excluding ortho intramolecular Hbond substituents is 1. The fourth-order valence-electron chi connectivity index (χ4n) is 4.72. The predicted octanol–water partition coefficient (Wildman–Crippen LogP) is 5.70. The van der Waals surface area contributed by atoms with Gasteiger partial charge in [-0.15, -0.1) is 0 Å². The van der Waals surface area contributed by atoms with Crippen LogP contribution in [0.1, 0.15) is 64.2 Å². The molecule has 2 aromatic rings. The maximum absolute atomic E-state index is 13.5. The highest BCUT2D eigenvalue weighted by molar-refractivity contribution is 6.31. The SMILES string of the molecule is Cc1ccc(C[C@H]2NC(=O)/C=C/C[C@@H]([C@H](C)/C=C/c3ccc(O)cc3)OC(=O)[C@H](CC(C)C)OC(=O)C(C)(C)CNC2=O)cc1Cl. The molecule has 2 aromatic carbocycles. The predicted molar refractivity (Wildman–Crippen MR) is 178 cm³/mol. The summed E-state index contributed by atoms with van der Waals surface area (Å²) in [7, 11) is 0. The molecule has 0 saturated carbocycles. The third kappa shape index (κ3) is 11.1. The molecule has 2 amide bonds. The molecule has 1 heterocycles. The van der Waals surface area contributed by atoms with Crippen LogP contribution in [0.15, 0.2) is 60.7 Å². The van der Waals surface area contributed by atoms with Gasteiger partial charge in [-0.1, -0.05) is 74.9 Å². The summed E-state index contributed by atoms with van der Waals surface area (Å²) in [6, 6.07) is 11.2. The van der Waals surface area contributed by atoms with Gasteiger partial charge in [0.25, 0.3) is 0 Å². The summed E-state index contributed by atoms with van der Waals surface area (Å²) in [6.07, 6.45) is 5.38. The van der Waals surface area contributed by atoms with Gasteiger partial charge in [0.15, 0.2) is 6.10 Å². The Labute approximate surface area is 276 Å². The number of hydrogen-bond donors (Lipinski definition) is 3. The van der Waals surface area contributed by atoms with E-state index in [0.717, 1.165) is 16.7 Å². The molecule has 46 heavy (non-hydrogen) atoms. The van der Waals surface area contributed by atoms with Gasteiger partial charge in [-0.2, -0.15) is 0 Å². The van der Waals surface area contributed by atoms with E-state index in [0.29, 0.717) is 5.02 Å². The molecular weight excluding hydrogens is 608 g/mol. The van der Waals surface area contributed by atoms with E-state index in [1.165, 1.54) is 6.08 Å². The monoisotopic (exact) mass is 652 g/mol. The molecule has 248 valence electrons. The number of phenols is 1. The zero-order valence-electron chi connectivity index (χ0n) is 27.3. The van der Waals surface area contributed by atoms with Gasteiger partial charge >= 0.3 is 11.9 Å². The van der Waals surface area contributed by atoms with E-state index < -0.39 is 47.4 Å². The Morgan fingerprint density at radius 3 is 2.39 bits per heavy atom. The van der Waals surface area contributed by atoms with Crippen molar-refractivity contribution in [3.05, 3.63) is 82.4 Å². The van der Waals surface area contributed by atoms with E-state index >= 15 is 0 Å². The number of halogens is 1. The summed E-state index contributed by atoms with van der Waals surface area (Å²) in [5.74, 6) is -2.46. The molecule has 3 rings (SSSR count). The van der Waals surface area contributed by atoms with Crippen LogP contribution in [0, 0.1) is 24.2 Å². The molecule has 0 saturated heterocycles. The highest BCUT2D eigenvalue weighted by Crippen LogP contribution is 2.24. The van der Waals surface area contributed by atoms with Gasteiger partial charge in [0.05, 0.1) is 5.41 Å². The summed E-state index contributed by atoms with van der Waals surface area (Å²) in [4.78, 5) is 53.3. The molecule has 1 aliphatic heterocycles. The van der Waals surface area contributed by atoms with Crippen molar-refractivity contribution in [1.29, 1.82) is 0 Å².